The molecule has 6 heteroatoms. The first-order valence-corrected chi connectivity index (χ1v) is 10.2. The van der Waals surface area contributed by atoms with Crippen molar-refractivity contribution in [2.45, 2.75) is 44.9 Å². The maximum atomic E-state index is 13.0. The van der Waals surface area contributed by atoms with Crippen LogP contribution in [-0.4, -0.2) is 38.3 Å². The Morgan fingerprint density at radius 1 is 1.21 bits per heavy atom. The Bertz CT molecular complexity index is 735. The molecule has 132 valence electrons. The molecule has 5 nitrogen and oxygen atoms in total. The minimum atomic E-state index is -3.46. The fourth-order valence-electron chi connectivity index (χ4n) is 3.94. The van der Waals surface area contributed by atoms with Gasteiger partial charge in [0.15, 0.2) is 0 Å². The first kappa shape index (κ1) is 17.4. The van der Waals surface area contributed by atoms with Gasteiger partial charge in [0.1, 0.15) is 0 Å². The number of benzene rings is 1. The van der Waals surface area contributed by atoms with Crippen molar-refractivity contribution in [3.63, 3.8) is 0 Å². The van der Waals surface area contributed by atoms with E-state index in [4.69, 9.17) is 0 Å². The van der Waals surface area contributed by atoms with Crippen LogP contribution in [-0.2, 0) is 21.2 Å². The molecule has 2 heterocycles. The second-order valence-electron chi connectivity index (χ2n) is 7.21. The summed E-state index contributed by atoms with van der Waals surface area (Å²) in [4.78, 5) is 14.1. The van der Waals surface area contributed by atoms with Crippen molar-refractivity contribution in [2.24, 2.45) is 11.8 Å². The summed E-state index contributed by atoms with van der Waals surface area (Å²) >= 11 is 0. The van der Waals surface area contributed by atoms with Crippen molar-refractivity contribution in [2.75, 3.05) is 24.5 Å². The third-order valence-corrected chi connectivity index (χ3v) is 6.85. The predicted molar refractivity (Wildman–Crippen MR) is 94.5 cm³/mol. The number of nitrogens with zero attached hydrogens (tertiary/aromatic N) is 2. The van der Waals surface area contributed by atoms with E-state index in [1.165, 1.54) is 0 Å². The van der Waals surface area contributed by atoms with Gasteiger partial charge in [0.25, 0.3) is 0 Å². The monoisotopic (exact) mass is 350 g/mol. The summed E-state index contributed by atoms with van der Waals surface area (Å²) < 4.78 is 27.6. The van der Waals surface area contributed by atoms with Gasteiger partial charge in [0.2, 0.25) is 15.9 Å². The molecule has 1 fully saturated rings. The van der Waals surface area contributed by atoms with Crippen molar-refractivity contribution in [1.82, 2.24) is 4.31 Å². The van der Waals surface area contributed by atoms with Crippen LogP contribution in [0.1, 0.15) is 39.2 Å². The van der Waals surface area contributed by atoms with Crippen LogP contribution in [0.25, 0.3) is 0 Å². The number of piperidine rings is 1. The summed E-state index contributed by atoms with van der Waals surface area (Å²) in [5, 5.41) is 0. The standard InChI is InChI=1S/C18H26N2O3S/c1-4-18(21)20-8-7-15-10-16(5-6-17(15)20)24(22,23)19-11-13(2)9-14(3)12-19/h5-6,10,13-14H,4,7-9,11-12H2,1-3H3/t13-,14+. The molecule has 0 saturated carbocycles. The van der Waals surface area contributed by atoms with E-state index >= 15 is 0 Å². The largest absolute Gasteiger partial charge is 0.312 e. The fourth-order valence-corrected chi connectivity index (χ4v) is 5.67. The lowest BCUT2D eigenvalue weighted by molar-refractivity contribution is -0.118. The van der Waals surface area contributed by atoms with E-state index in [2.05, 4.69) is 13.8 Å². The Balaban J connectivity index is 1.89. The SMILES string of the molecule is CCC(=O)N1CCc2cc(S(=O)(=O)N3C[C@H](C)C[C@H](C)C3)ccc21. The first-order chi connectivity index (χ1) is 11.3. The molecule has 1 amide bonds. The number of sulfonamides is 1. The van der Waals surface area contributed by atoms with Gasteiger partial charge in [0, 0.05) is 31.7 Å². The number of amides is 1. The number of anilines is 1. The number of hydrogen-bond donors (Lipinski definition) is 0. The van der Waals surface area contributed by atoms with E-state index in [0.29, 0.717) is 42.8 Å². The van der Waals surface area contributed by atoms with E-state index in [9.17, 15) is 13.2 Å². The first-order valence-electron chi connectivity index (χ1n) is 8.76. The van der Waals surface area contributed by atoms with Crippen molar-refractivity contribution in [3.8, 4) is 0 Å². The Kier molecular flexibility index (Phi) is 4.71. The molecule has 1 aromatic carbocycles. The molecule has 2 aliphatic rings. The molecule has 0 unspecified atom stereocenters. The van der Waals surface area contributed by atoms with Crippen LogP contribution < -0.4 is 4.90 Å². The third-order valence-electron chi connectivity index (χ3n) is 5.02. The Morgan fingerprint density at radius 2 is 1.88 bits per heavy atom. The molecule has 0 aromatic heterocycles. The van der Waals surface area contributed by atoms with Crippen LogP contribution in [0.5, 0.6) is 0 Å². The van der Waals surface area contributed by atoms with Crippen LogP contribution in [0.2, 0.25) is 0 Å². The quantitative estimate of drug-likeness (QED) is 0.842. The average Bonchev–Trinajstić information content (AvgIpc) is 2.96. The minimum absolute atomic E-state index is 0.0861. The number of rotatable bonds is 3. The molecular weight excluding hydrogens is 324 g/mol. The van der Waals surface area contributed by atoms with Gasteiger partial charge >= 0.3 is 0 Å². The molecular formula is C18H26N2O3S. The van der Waals surface area contributed by atoms with Crippen LogP contribution in [0.3, 0.4) is 0 Å². The van der Waals surface area contributed by atoms with Crippen molar-refractivity contribution in [1.29, 1.82) is 0 Å². The van der Waals surface area contributed by atoms with E-state index in [1.54, 1.807) is 27.4 Å². The van der Waals surface area contributed by atoms with Crippen molar-refractivity contribution >= 4 is 21.6 Å². The van der Waals surface area contributed by atoms with Crippen LogP contribution >= 0.6 is 0 Å². The molecule has 1 aromatic rings. The van der Waals surface area contributed by atoms with Gasteiger partial charge in [-0.3, -0.25) is 4.79 Å². The summed E-state index contributed by atoms with van der Waals surface area (Å²) in [6.45, 7) is 7.87. The highest BCUT2D eigenvalue weighted by Gasteiger charge is 2.33. The molecule has 0 N–H and O–H groups in total. The molecule has 0 aliphatic carbocycles. The number of hydrogen-bond acceptors (Lipinski definition) is 3. The highest BCUT2D eigenvalue weighted by Crippen LogP contribution is 2.33. The summed E-state index contributed by atoms with van der Waals surface area (Å²) in [7, 11) is -3.46. The molecule has 0 bridgehead atoms. The summed E-state index contributed by atoms with van der Waals surface area (Å²) in [6.07, 6.45) is 2.25. The zero-order chi connectivity index (χ0) is 17.5. The highest BCUT2D eigenvalue weighted by atomic mass is 32.2. The Labute approximate surface area is 144 Å². The molecule has 2 aliphatic heterocycles. The smallest absolute Gasteiger partial charge is 0.243 e. The topological polar surface area (TPSA) is 57.7 Å². The maximum absolute atomic E-state index is 13.0. The molecule has 24 heavy (non-hydrogen) atoms. The van der Waals surface area contributed by atoms with Gasteiger partial charge in [-0.05, 0) is 48.4 Å². The zero-order valence-corrected chi connectivity index (χ0v) is 15.5. The Morgan fingerprint density at radius 3 is 2.50 bits per heavy atom. The normalized spacial score (nSPS) is 24.9. The number of carbonyl (C=O) groups excluding carboxylic acids is 1. The lowest BCUT2D eigenvalue weighted by Crippen LogP contribution is -2.42. The lowest BCUT2D eigenvalue weighted by atomic mass is 9.94. The van der Waals surface area contributed by atoms with Crippen molar-refractivity contribution in [3.05, 3.63) is 23.8 Å². The summed E-state index contributed by atoms with van der Waals surface area (Å²) in [6, 6.07) is 5.20. The van der Waals surface area contributed by atoms with Gasteiger partial charge in [-0.2, -0.15) is 4.31 Å². The lowest BCUT2D eigenvalue weighted by Gasteiger charge is -2.34. The zero-order valence-electron chi connectivity index (χ0n) is 14.7. The van der Waals surface area contributed by atoms with E-state index in [-0.39, 0.29) is 5.91 Å². The van der Waals surface area contributed by atoms with Gasteiger partial charge < -0.3 is 4.90 Å². The van der Waals surface area contributed by atoms with Crippen molar-refractivity contribution < 1.29 is 13.2 Å². The second-order valence-corrected chi connectivity index (χ2v) is 9.15. The number of fused-ring (bicyclic) bond motifs is 1. The van der Waals surface area contributed by atoms with Crippen LogP contribution in [0.4, 0.5) is 5.69 Å². The minimum Gasteiger partial charge on any atom is -0.312 e. The molecule has 0 radical (unpaired) electrons. The Hall–Kier alpha value is -1.40. The fraction of sp³-hybridized carbons (Fsp3) is 0.611. The van der Waals surface area contributed by atoms with Crippen LogP contribution in [0, 0.1) is 11.8 Å². The molecule has 0 spiro atoms. The van der Waals surface area contributed by atoms with Gasteiger partial charge in [-0.1, -0.05) is 20.8 Å². The summed E-state index contributed by atoms with van der Waals surface area (Å²) in [5.74, 6) is 0.856. The second kappa shape index (κ2) is 6.48. The average molecular weight is 350 g/mol. The van der Waals surface area contributed by atoms with Gasteiger partial charge in [0.05, 0.1) is 4.90 Å². The molecule has 1 saturated heterocycles. The van der Waals surface area contributed by atoms with Gasteiger partial charge in [-0.15, -0.1) is 0 Å². The van der Waals surface area contributed by atoms with E-state index < -0.39 is 10.0 Å². The van der Waals surface area contributed by atoms with E-state index in [0.717, 1.165) is 24.1 Å². The molecule has 2 atom stereocenters. The summed E-state index contributed by atoms with van der Waals surface area (Å²) in [5.41, 5.74) is 1.82. The predicted octanol–water partition coefficient (Wildman–Crippen LogP) is 2.65. The highest BCUT2D eigenvalue weighted by molar-refractivity contribution is 7.89. The maximum Gasteiger partial charge on any atom is 0.243 e. The molecule has 3 rings (SSSR count). The number of carbonyl (C=O) groups is 1. The van der Waals surface area contributed by atoms with Gasteiger partial charge in [-0.25, -0.2) is 8.42 Å². The van der Waals surface area contributed by atoms with E-state index in [1.807, 2.05) is 6.92 Å². The third kappa shape index (κ3) is 3.09. The van der Waals surface area contributed by atoms with Crippen LogP contribution in [0.15, 0.2) is 23.1 Å².